The molecule has 0 saturated heterocycles. The molecule has 0 amide bonds. The lowest BCUT2D eigenvalue weighted by atomic mass is 10.2. The number of benzene rings is 1. The fourth-order valence-electron chi connectivity index (χ4n) is 1.38. The van der Waals surface area contributed by atoms with Gasteiger partial charge >= 0.3 is 0 Å². The minimum absolute atomic E-state index is 0.0587. The maximum Gasteiger partial charge on any atom is 0.130 e. The Morgan fingerprint density at radius 3 is 3.08 bits per heavy atom. The summed E-state index contributed by atoms with van der Waals surface area (Å²) in [7, 11) is 1.60. The first kappa shape index (κ1) is 8.07. The maximum atomic E-state index is 9.02. The molecule has 0 spiro atoms. The molecule has 0 radical (unpaired) electrons. The number of hydrogen-bond acceptors (Lipinski definition) is 3. The zero-order valence-electron chi connectivity index (χ0n) is 7.24. The zero-order valence-corrected chi connectivity index (χ0v) is 7.24. The number of fused-ring (bicyclic) bond motifs is 1. The smallest absolute Gasteiger partial charge is 0.130 e. The van der Waals surface area contributed by atoms with Crippen molar-refractivity contribution in [1.29, 1.82) is 0 Å². The number of aromatic amines is 1. The van der Waals surface area contributed by atoms with Gasteiger partial charge in [-0.25, -0.2) is 0 Å². The molecule has 1 aromatic carbocycles. The van der Waals surface area contributed by atoms with Crippen LogP contribution >= 0.6 is 0 Å². The number of methoxy groups -OCH3 is 1. The predicted octanol–water partition coefficient (Wildman–Crippen LogP) is 1.06. The van der Waals surface area contributed by atoms with Crippen molar-refractivity contribution in [2.24, 2.45) is 0 Å². The molecule has 0 bridgehead atoms. The van der Waals surface area contributed by atoms with E-state index in [4.69, 9.17) is 9.84 Å². The number of H-pyrrole nitrogens is 1. The van der Waals surface area contributed by atoms with Crippen LogP contribution in [0.5, 0.6) is 5.75 Å². The van der Waals surface area contributed by atoms with Crippen LogP contribution in [0.1, 0.15) is 5.69 Å². The van der Waals surface area contributed by atoms with E-state index in [1.165, 1.54) is 0 Å². The molecule has 1 heterocycles. The summed E-state index contributed by atoms with van der Waals surface area (Å²) in [6.07, 6.45) is 0. The molecule has 0 saturated carbocycles. The molecule has 0 fully saturated rings. The lowest BCUT2D eigenvalue weighted by molar-refractivity contribution is 0.277. The lowest BCUT2D eigenvalue weighted by Crippen LogP contribution is -1.87. The number of hydrogen-bond donors (Lipinski definition) is 2. The summed E-state index contributed by atoms with van der Waals surface area (Å²) in [6, 6.07) is 5.58. The molecule has 2 aromatic rings. The highest BCUT2D eigenvalue weighted by Gasteiger charge is 2.08. The normalized spacial score (nSPS) is 10.6. The average Bonchev–Trinajstić information content (AvgIpc) is 2.60. The first-order valence-electron chi connectivity index (χ1n) is 3.97. The quantitative estimate of drug-likeness (QED) is 0.723. The van der Waals surface area contributed by atoms with Crippen molar-refractivity contribution >= 4 is 10.9 Å². The largest absolute Gasteiger partial charge is 0.496 e. The summed E-state index contributed by atoms with van der Waals surface area (Å²) >= 11 is 0. The van der Waals surface area contributed by atoms with E-state index in [0.717, 1.165) is 16.7 Å². The first-order chi connectivity index (χ1) is 6.36. The number of nitrogens with one attached hydrogen (secondary N) is 1. The Morgan fingerprint density at radius 2 is 2.38 bits per heavy atom. The van der Waals surface area contributed by atoms with Crippen molar-refractivity contribution in [2.75, 3.05) is 7.11 Å². The van der Waals surface area contributed by atoms with Gasteiger partial charge < -0.3 is 9.84 Å². The van der Waals surface area contributed by atoms with Crippen LogP contribution in [0.15, 0.2) is 18.2 Å². The van der Waals surface area contributed by atoms with Gasteiger partial charge in [0.05, 0.1) is 30.3 Å². The summed E-state index contributed by atoms with van der Waals surface area (Å²) in [6.45, 7) is -0.0587. The molecule has 2 N–H and O–H groups in total. The van der Waals surface area contributed by atoms with Crippen LogP contribution in [-0.2, 0) is 6.61 Å². The van der Waals surface area contributed by atoms with Gasteiger partial charge in [0.25, 0.3) is 0 Å². The molecule has 68 valence electrons. The fraction of sp³-hybridized carbons (Fsp3) is 0.222. The Bertz CT molecular complexity index is 422. The van der Waals surface area contributed by atoms with E-state index in [0.29, 0.717) is 5.69 Å². The molecule has 0 aliphatic heterocycles. The molecule has 0 atom stereocenters. The standard InChI is InChI=1S/C9H10N2O2/c1-13-8-4-2-3-6-9(8)7(5-12)11-10-6/h2-4,12H,5H2,1H3,(H,10,11). The minimum atomic E-state index is -0.0587. The molecule has 1 aromatic heterocycles. The van der Waals surface area contributed by atoms with E-state index >= 15 is 0 Å². The number of aromatic nitrogens is 2. The second kappa shape index (κ2) is 3.06. The van der Waals surface area contributed by atoms with Gasteiger partial charge in [0.1, 0.15) is 5.75 Å². The van der Waals surface area contributed by atoms with Gasteiger partial charge in [0, 0.05) is 0 Å². The van der Waals surface area contributed by atoms with Gasteiger partial charge in [0.15, 0.2) is 0 Å². The lowest BCUT2D eigenvalue weighted by Gasteiger charge is -2.01. The Kier molecular flexibility index (Phi) is 1.90. The summed E-state index contributed by atoms with van der Waals surface area (Å²) < 4.78 is 5.16. The highest BCUT2D eigenvalue weighted by molar-refractivity contribution is 5.87. The Labute approximate surface area is 75.1 Å². The zero-order chi connectivity index (χ0) is 9.26. The second-order valence-electron chi connectivity index (χ2n) is 2.71. The Morgan fingerprint density at radius 1 is 1.54 bits per heavy atom. The van der Waals surface area contributed by atoms with Gasteiger partial charge in [-0.3, -0.25) is 5.10 Å². The number of ether oxygens (including phenoxy) is 1. The molecule has 4 nitrogen and oxygen atoms in total. The van der Waals surface area contributed by atoms with Gasteiger partial charge in [0.2, 0.25) is 0 Å². The SMILES string of the molecule is COc1cccc2n[nH]c(CO)c12. The van der Waals surface area contributed by atoms with Crippen molar-refractivity contribution in [3.05, 3.63) is 23.9 Å². The number of aliphatic hydroxyl groups excluding tert-OH is 1. The van der Waals surface area contributed by atoms with E-state index in [-0.39, 0.29) is 6.61 Å². The van der Waals surface area contributed by atoms with Crippen molar-refractivity contribution < 1.29 is 9.84 Å². The monoisotopic (exact) mass is 178 g/mol. The van der Waals surface area contributed by atoms with Crippen LogP contribution in [0, 0.1) is 0 Å². The highest BCUT2D eigenvalue weighted by Crippen LogP contribution is 2.26. The maximum absolute atomic E-state index is 9.02. The van der Waals surface area contributed by atoms with Crippen molar-refractivity contribution in [2.45, 2.75) is 6.61 Å². The first-order valence-corrected chi connectivity index (χ1v) is 3.97. The van der Waals surface area contributed by atoms with Crippen molar-refractivity contribution in [3.8, 4) is 5.75 Å². The molecule has 13 heavy (non-hydrogen) atoms. The van der Waals surface area contributed by atoms with E-state index < -0.39 is 0 Å². The van der Waals surface area contributed by atoms with Crippen molar-refractivity contribution in [1.82, 2.24) is 10.2 Å². The van der Waals surface area contributed by atoms with Gasteiger partial charge in [-0.2, -0.15) is 5.10 Å². The molecular weight excluding hydrogens is 168 g/mol. The minimum Gasteiger partial charge on any atom is -0.496 e. The third kappa shape index (κ3) is 1.15. The van der Waals surface area contributed by atoms with E-state index in [1.807, 2.05) is 18.2 Å². The number of nitrogens with zero attached hydrogens (tertiary/aromatic N) is 1. The van der Waals surface area contributed by atoms with Crippen LogP contribution in [0.25, 0.3) is 10.9 Å². The van der Waals surface area contributed by atoms with Gasteiger partial charge in [-0.1, -0.05) is 6.07 Å². The van der Waals surface area contributed by atoms with Crippen LogP contribution in [0.2, 0.25) is 0 Å². The predicted molar refractivity (Wildman–Crippen MR) is 48.6 cm³/mol. The van der Waals surface area contributed by atoms with E-state index in [1.54, 1.807) is 7.11 Å². The number of rotatable bonds is 2. The van der Waals surface area contributed by atoms with Crippen LogP contribution in [0.4, 0.5) is 0 Å². The van der Waals surface area contributed by atoms with Gasteiger partial charge in [-0.05, 0) is 12.1 Å². The Hall–Kier alpha value is -1.55. The molecule has 0 aliphatic rings. The van der Waals surface area contributed by atoms with Crippen molar-refractivity contribution in [3.63, 3.8) is 0 Å². The third-order valence-corrected chi connectivity index (χ3v) is 2.00. The number of aliphatic hydroxyl groups is 1. The summed E-state index contributed by atoms with van der Waals surface area (Å²) in [5.74, 6) is 0.732. The molecular formula is C9H10N2O2. The average molecular weight is 178 g/mol. The highest BCUT2D eigenvalue weighted by atomic mass is 16.5. The third-order valence-electron chi connectivity index (χ3n) is 2.00. The van der Waals surface area contributed by atoms with E-state index in [2.05, 4.69) is 10.2 Å². The summed E-state index contributed by atoms with van der Waals surface area (Å²) in [5.41, 5.74) is 1.50. The molecule has 0 aliphatic carbocycles. The summed E-state index contributed by atoms with van der Waals surface area (Å²) in [4.78, 5) is 0. The van der Waals surface area contributed by atoms with Crippen LogP contribution in [0.3, 0.4) is 0 Å². The topological polar surface area (TPSA) is 58.1 Å². The van der Waals surface area contributed by atoms with Gasteiger partial charge in [-0.15, -0.1) is 0 Å². The fourth-order valence-corrected chi connectivity index (χ4v) is 1.38. The van der Waals surface area contributed by atoms with Crippen LogP contribution < -0.4 is 4.74 Å². The second-order valence-corrected chi connectivity index (χ2v) is 2.71. The Balaban J connectivity index is 2.76. The van der Waals surface area contributed by atoms with E-state index in [9.17, 15) is 0 Å². The molecule has 2 rings (SSSR count). The van der Waals surface area contributed by atoms with Crippen LogP contribution in [-0.4, -0.2) is 22.4 Å². The summed E-state index contributed by atoms with van der Waals surface area (Å²) in [5, 5.41) is 16.7. The molecule has 4 heteroatoms. The molecule has 0 unspecified atom stereocenters.